The summed E-state index contributed by atoms with van der Waals surface area (Å²) in [5.74, 6) is 0.439. The summed E-state index contributed by atoms with van der Waals surface area (Å²) in [5, 5.41) is 6.07. The molecular weight excluding hydrogens is 330 g/mol. The summed E-state index contributed by atoms with van der Waals surface area (Å²) in [6.07, 6.45) is 3.94. The van der Waals surface area contributed by atoms with E-state index in [1.807, 2.05) is 24.3 Å². The van der Waals surface area contributed by atoms with Gasteiger partial charge in [0, 0.05) is 17.5 Å². The van der Waals surface area contributed by atoms with Gasteiger partial charge in [-0.15, -0.1) is 11.3 Å². The third-order valence-electron chi connectivity index (χ3n) is 4.67. The minimum Gasteiger partial charge on any atom is -0.346 e. The lowest BCUT2D eigenvalue weighted by molar-refractivity contribution is 0.0951. The van der Waals surface area contributed by atoms with Crippen molar-refractivity contribution in [1.82, 2.24) is 15.2 Å². The molecule has 1 aromatic carbocycles. The Bertz CT molecular complexity index is 687. The van der Waals surface area contributed by atoms with Gasteiger partial charge in [0.25, 0.3) is 5.91 Å². The van der Waals surface area contributed by atoms with Crippen molar-refractivity contribution in [1.29, 1.82) is 0 Å². The van der Waals surface area contributed by atoms with Gasteiger partial charge in [0.05, 0.1) is 12.2 Å². The van der Waals surface area contributed by atoms with Crippen LogP contribution in [0.4, 0.5) is 0 Å². The number of carbonyl (C=O) groups excluding carboxylic acids is 1. The van der Waals surface area contributed by atoms with E-state index in [0.717, 1.165) is 17.2 Å². The molecule has 0 saturated carbocycles. The Kier molecular flexibility index (Phi) is 6.21. The van der Waals surface area contributed by atoms with Crippen LogP contribution in [0.25, 0.3) is 0 Å². The summed E-state index contributed by atoms with van der Waals surface area (Å²) < 4.78 is 0. The quantitative estimate of drug-likeness (QED) is 0.843. The van der Waals surface area contributed by atoms with E-state index in [-0.39, 0.29) is 5.91 Å². The van der Waals surface area contributed by atoms with Crippen LogP contribution >= 0.6 is 11.3 Å². The van der Waals surface area contributed by atoms with Crippen molar-refractivity contribution < 1.29 is 4.79 Å². The van der Waals surface area contributed by atoms with Crippen LogP contribution < -0.4 is 5.32 Å². The van der Waals surface area contributed by atoms with E-state index in [9.17, 15) is 4.79 Å². The van der Waals surface area contributed by atoms with Crippen LogP contribution in [-0.4, -0.2) is 28.9 Å². The molecule has 0 unspecified atom stereocenters. The third-order valence-corrected chi connectivity index (χ3v) is 5.57. The SMILES string of the molecule is CC(C)c1ccc(C(=O)NCc2nc(CN3CCCCC3)cs2)cc1. The van der Waals surface area contributed by atoms with E-state index >= 15 is 0 Å². The molecule has 25 heavy (non-hydrogen) atoms. The number of aromatic nitrogens is 1. The Hall–Kier alpha value is -1.72. The molecule has 1 amide bonds. The van der Waals surface area contributed by atoms with Gasteiger partial charge in [-0.2, -0.15) is 0 Å². The van der Waals surface area contributed by atoms with Gasteiger partial charge in [-0.3, -0.25) is 9.69 Å². The summed E-state index contributed by atoms with van der Waals surface area (Å²) >= 11 is 1.63. The first-order chi connectivity index (χ1) is 12.1. The first-order valence-electron chi connectivity index (χ1n) is 9.15. The van der Waals surface area contributed by atoms with Gasteiger partial charge in [0.15, 0.2) is 0 Å². The number of rotatable bonds is 6. The van der Waals surface area contributed by atoms with Crippen LogP contribution in [-0.2, 0) is 13.1 Å². The number of hydrogen-bond acceptors (Lipinski definition) is 4. The van der Waals surface area contributed by atoms with E-state index in [0.29, 0.717) is 18.0 Å². The van der Waals surface area contributed by atoms with E-state index in [2.05, 4.69) is 34.4 Å². The molecule has 4 nitrogen and oxygen atoms in total. The molecule has 1 saturated heterocycles. The average molecular weight is 358 g/mol. The lowest BCUT2D eigenvalue weighted by atomic mass is 10.0. The molecule has 1 fully saturated rings. The summed E-state index contributed by atoms with van der Waals surface area (Å²) in [5.41, 5.74) is 3.07. The van der Waals surface area contributed by atoms with E-state index in [1.54, 1.807) is 11.3 Å². The lowest BCUT2D eigenvalue weighted by Crippen LogP contribution is -2.29. The number of hydrogen-bond donors (Lipinski definition) is 1. The zero-order valence-corrected chi connectivity index (χ0v) is 15.9. The minimum atomic E-state index is -0.0388. The molecule has 2 aromatic rings. The molecule has 1 aliphatic heterocycles. The topological polar surface area (TPSA) is 45.2 Å². The van der Waals surface area contributed by atoms with Crippen LogP contribution in [0.5, 0.6) is 0 Å². The van der Waals surface area contributed by atoms with Crippen molar-refractivity contribution in [3.63, 3.8) is 0 Å². The largest absolute Gasteiger partial charge is 0.346 e. The maximum Gasteiger partial charge on any atom is 0.251 e. The highest BCUT2D eigenvalue weighted by Gasteiger charge is 2.13. The number of nitrogens with one attached hydrogen (secondary N) is 1. The van der Waals surface area contributed by atoms with Gasteiger partial charge in [-0.05, 0) is 49.5 Å². The van der Waals surface area contributed by atoms with Crippen molar-refractivity contribution in [3.8, 4) is 0 Å². The Balaban J connectivity index is 1.50. The second-order valence-electron chi connectivity index (χ2n) is 7.03. The summed E-state index contributed by atoms with van der Waals surface area (Å²) in [7, 11) is 0. The normalized spacial score (nSPS) is 15.5. The molecule has 0 spiro atoms. The third kappa shape index (κ3) is 5.13. The zero-order valence-electron chi connectivity index (χ0n) is 15.1. The number of carbonyl (C=O) groups is 1. The summed E-state index contributed by atoms with van der Waals surface area (Å²) in [6, 6.07) is 7.85. The van der Waals surface area contributed by atoms with E-state index in [4.69, 9.17) is 0 Å². The van der Waals surface area contributed by atoms with Gasteiger partial charge < -0.3 is 5.32 Å². The second kappa shape index (κ2) is 8.59. The number of amides is 1. The monoisotopic (exact) mass is 357 g/mol. The zero-order chi connectivity index (χ0) is 17.6. The van der Waals surface area contributed by atoms with Crippen molar-refractivity contribution >= 4 is 17.2 Å². The lowest BCUT2D eigenvalue weighted by Gasteiger charge is -2.25. The predicted molar refractivity (Wildman–Crippen MR) is 103 cm³/mol. The second-order valence-corrected chi connectivity index (χ2v) is 7.97. The molecule has 3 rings (SSSR count). The average Bonchev–Trinajstić information content (AvgIpc) is 3.08. The van der Waals surface area contributed by atoms with Gasteiger partial charge >= 0.3 is 0 Å². The molecule has 1 N–H and O–H groups in total. The fraction of sp³-hybridized carbons (Fsp3) is 0.500. The Morgan fingerprint density at radius 1 is 1.20 bits per heavy atom. The molecule has 1 aromatic heterocycles. The Morgan fingerprint density at radius 2 is 1.92 bits per heavy atom. The fourth-order valence-electron chi connectivity index (χ4n) is 3.13. The number of benzene rings is 1. The fourth-order valence-corrected chi connectivity index (χ4v) is 3.85. The molecule has 5 heteroatoms. The maximum absolute atomic E-state index is 12.3. The molecule has 1 aliphatic rings. The van der Waals surface area contributed by atoms with Crippen molar-refractivity contribution in [2.45, 2.75) is 52.1 Å². The maximum atomic E-state index is 12.3. The molecule has 134 valence electrons. The van der Waals surface area contributed by atoms with Gasteiger partial charge in [0.2, 0.25) is 0 Å². The van der Waals surface area contributed by atoms with Crippen LogP contribution in [0, 0.1) is 0 Å². The van der Waals surface area contributed by atoms with Crippen molar-refractivity contribution in [2.24, 2.45) is 0 Å². The number of likely N-dealkylation sites (tertiary alicyclic amines) is 1. The molecule has 0 radical (unpaired) electrons. The molecular formula is C20H27N3OS. The summed E-state index contributed by atoms with van der Waals surface area (Å²) in [6.45, 7) is 8.08. The van der Waals surface area contributed by atoms with Gasteiger partial charge in [-0.25, -0.2) is 4.98 Å². The smallest absolute Gasteiger partial charge is 0.251 e. The molecule has 2 heterocycles. The van der Waals surface area contributed by atoms with Gasteiger partial charge in [-0.1, -0.05) is 32.4 Å². The molecule has 0 aliphatic carbocycles. The highest BCUT2D eigenvalue weighted by atomic mass is 32.1. The Labute approximate surface area is 154 Å². The predicted octanol–water partition coefficient (Wildman–Crippen LogP) is 4.18. The first-order valence-corrected chi connectivity index (χ1v) is 10.0. The molecule has 0 bridgehead atoms. The Morgan fingerprint density at radius 3 is 2.60 bits per heavy atom. The number of piperidine rings is 1. The number of thiazole rings is 1. The highest BCUT2D eigenvalue weighted by Crippen LogP contribution is 2.17. The van der Waals surface area contributed by atoms with E-state index in [1.165, 1.54) is 37.9 Å². The van der Waals surface area contributed by atoms with E-state index < -0.39 is 0 Å². The summed E-state index contributed by atoms with van der Waals surface area (Å²) in [4.78, 5) is 19.4. The molecule has 0 atom stereocenters. The van der Waals surface area contributed by atoms with Gasteiger partial charge in [0.1, 0.15) is 5.01 Å². The highest BCUT2D eigenvalue weighted by molar-refractivity contribution is 7.09. The van der Waals surface area contributed by atoms with Crippen LogP contribution in [0.1, 0.15) is 65.7 Å². The minimum absolute atomic E-state index is 0.0388. The standard InChI is InChI=1S/C20H27N3OS/c1-15(2)16-6-8-17(9-7-16)20(24)21-12-19-22-18(14-25-19)13-23-10-4-3-5-11-23/h6-9,14-15H,3-5,10-13H2,1-2H3,(H,21,24). The van der Waals surface area contributed by atoms with Crippen LogP contribution in [0.15, 0.2) is 29.6 Å². The van der Waals surface area contributed by atoms with Crippen molar-refractivity contribution in [2.75, 3.05) is 13.1 Å². The number of nitrogens with zero attached hydrogens (tertiary/aromatic N) is 2. The first kappa shape index (κ1) is 18.1. The van der Waals surface area contributed by atoms with Crippen LogP contribution in [0.2, 0.25) is 0 Å². The van der Waals surface area contributed by atoms with Crippen molar-refractivity contribution in [3.05, 3.63) is 51.5 Å². The van der Waals surface area contributed by atoms with Crippen LogP contribution in [0.3, 0.4) is 0 Å².